The molecule has 0 aliphatic carbocycles. The fourth-order valence-electron chi connectivity index (χ4n) is 2.90. The van der Waals surface area contributed by atoms with Crippen molar-refractivity contribution >= 4 is 34.3 Å². The van der Waals surface area contributed by atoms with Gasteiger partial charge in [-0.3, -0.25) is 14.0 Å². The van der Waals surface area contributed by atoms with E-state index in [2.05, 4.69) is 10.2 Å². The number of fused-ring (bicyclic) bond motifs is 3. The van der Waals surface area contributed by atoms with E-state index in [9.17, 15) is 9.59 Å². The van der Waals surface area contributed by atoms with Crippen molar-refractivity contribution in [1.29, 1.82) is 0 Å². The molecular weight excluding hydrogens is 362 g/mol. The Morgan fingerprint density at radius 2 is 1.81 bits per heavy atom. The number of para-hydroxylation sites is 1. The van der Waals surface area contributed by atoms with Gasteiger partial charge in [-0.25, -0.2) is 4.57 Å². The van der Waals surface area contributed by atoms with Gasteiger partial charge in [0.25, 0.3) is 5.56 Å². The van der Waals surface area contributed by atoms with Gasteiger partial charge in [-0.1, -0.05) is 41.6 Å². The molecule has 8 heteroatoms. The van der Waals surface area contributed by atoms with Gasteiger partial charge in [0, 0.05) is 0 Å². The number of primary amides is 1. The number of amides is 1. The first-order chi connectivity index (χ1) is 13.0. The van der Waals surface area contributed by atoms with Gasteiger partial charge >= 0.3 is 0 Å². The van der Waals surface area contributed by atoms with Crippen molar-refractivity contribution in [3.63, 3.8) is 0 Å². The van der Waals surface area contributed by atoms with Gasteiger partial charge in [-0.05, 0) is 38.1 Å². The van der Waals surface area contributed by atoms with Gasteiger partial charge in [0.15, 0.2) is 5.16 Å². The van der Waals surface area contributed by atoms with Crippen LogP contribution in [0.3, 0.4) is 0 Å². The average Bonchev–Trinajstić information content (AvgIpc) is 3.06. The highest BCUT2D eigenvalue weighted by atomic mass is 32.2. The molecule has 0 saturated heterocycles. The van der Waals surface area contributed by atoms with E-state index in [-0.39, 0.29) is 5.56 Å². The molecule has 2 heterocycles. The van der Waals surface area contributed by atoms with Gasteiger partial charge in [0.1, 0.15) is 0 Å². The van der Waals surface area contributed by atoms with Crippen LogP contribution < -0.4 is 11.3 Å². The lowest BCUT2D eigenvalue weighted by molar-refractivity contribution is -0.117. The third-order valence-electron chi connectivity index (χ3n) is 4.37. The fraction of sp³-hybridized carbons (Fsp3) is 0.158. The van der Waals surface area contributed by atoms with E-state index in [1.54, 1.807) is 17.4 Å². The summed E-state index contributed by atoms with van der Waals surface area (Å²) in [5.41, 5.74) is 7.71. The maximum atomic E-state index is 13.2. The van der Waals surface area contributed by atoms with Gasteiger partial charge in [0.2, 0.25) is 11.7 Å². The molecule has 2 aromatic heterocycles. The SMILES string of the molecule is Cc1ccc(-n2c(=O)c3ccccc3n3c(SC(C)C(N)=O)nnc23)cc1. The minimum absolute atomic E-state index is 0.172. The third kappa shape index (κ3) is 2.87. The second-order valence-electron chi connectivity index (χ2n) is 6.27. The van der Waals surface area contributed by atoms with Crippen LogP contribution in [0.4, 0.5) is 0 Å². The fourth-order valence-corrected chi connectivity index (χ4v) is 3.70. The van der Waals surface area contributed by atoms with E-state index < -0.39 is 11.2 Å². The Hall–Kier alpha value is -3.13. The average molecular weight is 379 g/mol. The highest BCUT2D eigenvalue weighted by Gasteiger charge is 2.20. The van der Waals surface area contributed by atoms with Crippen LogP contribution in [0, 0.1) is 6.92 Å². The van der Waals surface area contributed by atoms with Crippen LogP contribution in [0.15, 0.2) is 58.5 Å². The molecule has 1 atom stereocenters. The lowest BCUT2D eigenvalue weighted by Crippen LogP contribution is -2.23. The summed E-state index contributed by atoms with van der Waals surface area (Å²) < 4.78 is 3.33. The van der Waals surface area contributed by atoms with E-state index in [0.717, 1.165) is 5.56 Å². The van der Waals surface area contributed by atoms with Crippen molar-refractivity contribution in [1.82, 2.24) is 19.2 Å². The Morgan fingerprint density at radius 3 is 2.52 bits per heavy atom. The summed E-state index contributed by atoms with van der Waals surface area (Å²) in [6.45, 7) is 3.70. The molecule has 136 valence electrons. The summed E-state index contributed by atoms with van der Waals surface area (Å²) in [5, 5.41) is 9.04. The molecule has 1 amide bonds. The first-order valence-corrected chi connectivity index (χ1v) is 9.27. The molecule has 27 heavy (non-hydrogen) atoms. The van der Waals surface area contributed by atoms with E-state index >= 15 is 0 Å². The smallest absolute Gasteiger partial charge is 0.267 e. The highest BCUT2D eigenvalue weighted by Crippen LogP contribution is 2.25. The van der Waals surface area contributed by atoms with Crippen LogP contribution in [-0.4, -0.2) is 30.3 Å². The normalized spacial score (nSPS) is 12.5. The quantitative estimate of drug-likeness (QED) is 0.549. The number of aromatic nitrogens is 4. The van der Waals surface area contributed by atoms with Crippen molar-refractivity contribution < 1.29 is 4.79 Å². The van der Waals surface area contributed by atoms with Crippen molar-refractivity contribution in [2.24, 2.45) is 5.73 Å². The second kappa shape index (κ2) is 6.55. The highest BCUT2D eigenvalue weighted by molar-refractivity contribution is 8.00. The minimum Gasteiger partial charge on any atom is -0.369 e. The van der Waals surface area contributed by atoms with E-state index in [0.29, 0.717) is 27.5 Å². The summed E-state index contributed by atoms with van der Waals surface area (Å²) in [4.78, 5) is 24.7. The van der Waals surface area contributed by atoms with Gasteiger partial charge in [-0.2, -0.15) is 0 Å². The van der Waals surface area contributed by atoms with E-state index in [1.807, 2.05) is 49.4 Å². The summed E-state index contributed by atoms with van der Waals surface area (Å²) in [6, 6.07) is 14.9. The second-order valence-corrected chi connectivity index (χ2v) is 7.58. The molecule has 2 aromatic carbocycles. The van der Waals surface area contributed by atoms with Crippen LogP contribution >= 0.6 is 11.8 Å². The number of rotatable bonds is 4. The maximum absolute atomic E-state index is 13.2. The topological polar surface area (TPSA) is 95.3 Å². The number of carbonyl (C=O) groups is 1. The zero-order valence-electron chi connectivity index (χ0n) is 14.8. The molecule has 0 bridgehead atoms. The van der Waals surface area contributed by atoms with Crippen LogP contribution in [0.5, 0.6) is 0 Å². The first-order valence-electron chi connectivity index (χ1n) is 8.39. The molecule has 0 radical (unpaired) electrons. The molecule has 0 saturated carbocycles. The number of nitrogens with zero attached hydrogens (tertiary/aromatic N) is 4. The predicted octanol–water partition coefficient (Wildman–Crippen LogP) is 2.31. The maximum Gasteiger partial charge on any atom is 0.267 e. The van der Waals surface area contributed by atoms with Gasteiger partial charge in [-0.15, -0.1) is 10.2 Å². The van der Waals surface area contributed by atoms with Crippen molar-refractivity contribution in [3.8, 4) is 5.69 Å². The summed E-state index contributed by atoms with van der Waals surface area (Å²) >= 11 is 1.21. The number of benzene rings is 2. The molecule has 4 rings (SSSR count). The number of nitrogens with two attached hydrogens (primary N) is 1. The molecule has 0 aliphatic heterocycles. The van der Waals surface area contributed by atoms with Crippen molar-refractivity contribution in [2.75, 3.05) is 0 Å². The largest absolute Gasteiger partial charge is 0.369 e. The minimum atomic E-state index is -0.476. The van der Waals surface area contributed by atoms with Gasteiger partial charge in [0.05, 0.1) is 21.8 Å². The molecule has 2 N–H and O–H groups in total. The Kier molecular flexibility index (Phi) is 4.19. The lowest BCUT2D eigenvalue weighted by Gasteiger charge is -2.12. The zero-order chi connectivity index (χ0) is 19.1. The van der Waals surface area contributed by atoms with Crippen LogP contribution in [-0.2, 0) is 4.79 Å². The Morgan fingerprint density at radius 1 is 1.11 bits per heavy atom. The summed E-state index contributed by atoms with van der Waals surface area (Å²) in [5.74, 6) is -0.0466. The molecule has 0 spiro atoms. The first kappa shape index (κ1) is 17.3. The molecule has 1 unspecified atom stereocenters. The molecule has 0 aliphatic rings. The molecular formula is C19H17N5O2S. The monoisotopic (exact) mass is 379 g/mol. The molecule has 0 fully saturated rings. The molecule has 4 aromatic rings. The number of carbonyl (C=O) groups excluding carboxylic acids is 1. The van der Waals surface area contributed by atoms with Crippen molar-refractivity contribution in [2.45, 2.75) is 24.3 Å². The number of hydrogen-bond acceptors (Lipinski definition) is 5. The van der Waals surface area contributed by atoms with E-state index in [1.165, 1.54) is 16.3 Å². The van der Waals surface area contributed by atoms with Crippen LogP contribution in [0.2, 0.25) is 0 Å². The number of hydrogen-bond donors (Lipinski definition) is 1. The number of aryl methyl sites for hydroxylation is 1. The Labute approximate surface area is 158 Å². The van der Waals surface area contributed by atoms with Crippen LogP contribution in [0.1, 0.15) is 12.5 Å². The van der Waals surface area contributed by atoms with E-state index in [4.69, 9.17) is 5.73 Å². The summed E-state index contributed by atoms with van der Waals surface area (Å²) in [6.07, 6.45) is 0. The Balaban J connectivity index is 2.07. The predicted molar refractivity (Wildman–Crippen MR) is 105 cm³/mol. The number of thioether (sulfide) groups is 1. The Bertz CT molecular complexity index is 1230. The molecule has 7 nitrogen and oxygen atoms in total. The summed E-state index contributed by atoms with van der Waals surface area (Å²) in [7, 11) is 0. The van der Waals surface area contributed by atoms with Crippen LogP contribution in [0.25, 0.3) is 22.4 Å². The van der Waals surface area contributed by atoms with Crippen molar-refractivity contribution in [3.05, 3.63) is 64.4 Å². The zero-order valence-corrected chi connectivity index (χ0v) is 15.6. The van der Waals surface area contributed by atoms with Gasteiger partial charge < -0.3 is 5.73 Å². The lowest BCUT2D eigenvalue weighted by atomic mass is 10.2. The third-order valence-corrected chi connectivity index (χ3v) is 5.43. The standard InChI is InChI=1S/C19H17N5O2S/c1-11-7-9-13(10-8-11)23-17(26)14-5-3-4-6-15(14)24-18(23)21-22-19(24)27-12(2)16(20)25/h3-10,12H,1-2H3,(H2,20,25).